The van der Waals surface area contributed by atoms with E-state index in [-0.39, 0.29) is 0 Å². The number of hydrogen-bond donors (Lipinski definition) is 1. The Bertz CT molecular complexity index is 424. The van der Waals surface area contributed by atoms with E-state index in [2.05, 4.69) is 9.97 Å². The van der Waals surface area contributed by atoms with Crippen LogP contribution in [-0.2, 0) is 21.2 Å². The second kappa shape index (κ2) is 2.26. The van der Waals surface area contributed by atoms with Crippen molar-refractivity contribution >= 4 is 9.73 Å². The van der Waals surface area contributed by atoms with Gasteiger partial charge in [0.2, 0.25) is 0 Å². The summed E-state index contributed by atoms with van der Waals surface area (Å²) in [6, 6.07) is 0. The number of nitrogens with zero attached hydrogens (tertiary/aromatic N) is 2. The lowest BCUT2D eigenvalue weighted by Gasteiger charge is -1.97. The van der Waals surface area contributed by atoms with Gasteiger partial charge in [-0.3, -0.25) is 4.78 Å². The smallest absolute Gasteiger partial charge is 0.115 e. The minimum atomic E-state index is -2.43. The van der Waals surface area contributed by atoms with Gasteiger partial charge in [0.1, 0.15) is 6.33 Å². The van der Waals surface area contributed by atoms with Crippen molar-refractivity contribution in [1.82, 2.24) is 9.97 Å². The molecule has 0 aromatic carbocycles. The first kappa shape index (κ1) is 7.67. The lowest BCUT2D eigenvalue weighted by molar-refractivity contribution is 0.676. The fraction of sp³-hybridized carbons (Fsp3) is 0.429. The summed E-state index contributed by atoms with van der Waals surface area (Å²) in [5.41, 5.74) is 2.57. The van der Waals surface area contributed by atoms with Crippen LogP contribution in [0.4, 0.5) is 0 Å². The first-order valence-corrected chi connectivity index (χ1v) is 5.52. The normalized spacial score (nSPS) is 27.1. The third-order valence-electron chi connectivity index (χ3n) is 2.00. The summed E-state index contributed by atoms with van der Waals surface area (Å²) < 4.78 is 18.8. The second-order valence-corrected chi connectivity index (χ2v) is 5.19. The van der Waals surface area contributed by atoms with Crippen LogP contribution in [0.2, 0.25) is 0 Å². The fourth-order valence-corrected chi connectivity index (χ4v) is 3.00. The monoisotopic (exact) mass is 183 g/mol. The van der Waals surface area contributed by atoms with Gasteiger partial charge >= 0.3 is 0 Å². The average Bonchev–Trinajstić information content (AvgIpc) is 2.25. The zero-order valence-electron chi connectivity index (χ0n) is 6.70. The van der Waals surface area contributed by atoms with Crippen molar-refractivity contribution in [2.24, 2.45) is 0 Å². The maximum Gasteiger partial charge on any atom is 0.115 e. The Morgan fingerprint density at radius 3 is 2.92 bits per heavy atom. The minimum absolute atomic E-state index is 0.297. The predicted octanol–water partition coefficient (Wildman–Crippen LogP) is 0.845. The fourth-order valence-electron chi connectivity index (χ4n) is 1.37. The van der Waals surface area contributed by atoms with Crippen LogP contribution in [0, 0.1) is 11.7 Å². The van der Waals surface area contributed by atoms with Crippen molar-refractivity contribution in [3.8, 4) is 0 Å². The molecule has 0 saturated carbocycles. The quantitative estimate of drug-likeness (QED) is 0.648. The zero-order chi connectivity index (χ0) is 8.77. The third-order valence-corrected chi connectivity index (χ3v) is 3.49. The minimum Gasteiger partial charge on any atom is -0.252 e. The van der Waals surface area contributed by atoms with E-state index in [0.717, 1.165) is 17.0 Å². The van der Waals surface area contributed by atoms with E-state index >= 15 is 0 Å². The van der Waals surface area contributed by atoms with Gasteiger partial charge in [-0.05, 0) is 6.92 Å². The molecular weight excluding hydrogens is 174 g/mol. The molecule has 1 aliphatic heterocycles. The van der Waals surface area contributed by atoms with Crippen LogP contribution in [0.5, 0.6) is 0 Å². The van der Waals surface area contributed by atoms with Crippen molar-refractivity contribution < 1.29 is 4.21 Å². The predicted molar refractivity (Wildman–Crippen MR) is 45.0 cm³/mol. The molecule has 1 aromatic rings. The van der Waals surface area contributed by atoms with Gasteiger partial charge in [0.15, 0.2) is 0 Å². The summed E-state index contributed by atoms with van der Waals surface area (Å²) in [5.74, 6) is 0.626. The number of aromatic nitrogens is 2. The number of hydrogen-bond acceptors (Lipinski definition) is 4. The van der Waals surface area contributed by atoms with Crippen LogP contribution in [0.3, 0.4) is 0 Å². The summed E-state index contributed by atoms with van der Waals surface area (Å²) in [6.45, 7) is 1.86. The van der Waals surface area contributed by atoms with Crippen LogP contribution in [-0.4, -0.2) is 14.2 Å². The topological polar surface area (TPSA) is 66.7 Å². The van der Waals surface area contributed by atoms with Crippen molar-refractivity contribution in [2.45, 2.75) is 18.4 Å². The highest BCUT2D eigenvalue weighted by molar-refractivity contribution is 7.91. The maximum absolute atomic E-state index is 11.4. The van der Waals surface area contributed by atoms with E-state index < -0.39 is 9.73 Å². The maximum atomic E-state index is 11.4. The van der Waals surface area contributed by atoms with Crippen molar-refractivity contribution in [2.75, 3.05) is 0 Å². The third kappa shape index (κ3) is 1.10. The Balaban J connectivity index is 2.63. The summed E-state index contributed by atoms with van der Waals surface area (Å²) in [4.78, 5) is 8.00. The SMILES string of the molecule is Cc1ncnc2c1CS(=N)(=O)C2. The zero-order valence-corrected chi connectivity index (χ0v) is 7.52. The molecule has 5 heteroatoms. The van der Waals surface area contributed by atoms with E-state index in [9.17, 15) is 4.21 Å². The Labute approximate surface area is 71.0 Å². The van der Waals surface area contributed by atoms with Crippen LogP contribution in [0.25, 0.3) is 0 Å². The van der Waals surface area contributed by atoms with E-state index in [0.29, 0.717) is 11.5 Å². The Morgan fingerprint density at radius 1 is 1.50 bits per heavy atom. The molecule has 0 aliphatic carbocycles. The van der Waals surface area contributed by atoms with Gasteiger partial charge in [0.05, 0.1) is 26.9 Å². The Kier molecular flexibility index (Phi) is 1.44. The van der Waals surface area contributed by atoms with Gasteiger partial charge in [-0.1, -0.05) is 0 Å². The molecular formula is C7H9N3OS. The van der Waals surface area contributed by atoms with Gasteiger partial charge in [0, 0.05) is 11.3 Å². The summed E-state index contributed by atoms with van der Waals surface area (Å²) in [5, 5.41) is 0. The summed E-state index contributed by atoms with van der Waals surface area (Å²) in [6.07, 6.45) is 1.47. The molecule has 0 amide bonds. The van der Waals surface area contributed by atoms with Gasteiger partial charge in [-0.15, -0.1) is 0 Å². The van der Waals surface area contributed by atoms with Crippen LogP contribution >= 0.6 is 0 Å². The average molecular weight is 183 g/mol. The summed E-state index contributed by atoms with van der Waals surface area (Å²) in [7, 11) is -2.43. The molecule has 1 atom stereocenters. The number of rotatable bonds is 0. The van der Waals surface area contributed by atoms with Crippen LogP contribution in [0.1, 0.15) is 17.0 Å². The van der Waals surface area contributed by atoms with E-state index in [1.54, 1.807) is 0 Å². The molecule has 1 aromatic heterocycles. The van der Waals surface area contributed by atoms with E-state index in [1.807, 2.05) is 6.92 Å². The molecule has 0 spiro atoms. The molecule has 0 bridgehead atoms. The Hall–Kier alpha value is -0.970. The second-order valence-electron chi connectivity index (χ2n) is 2.98. The molecule has 0 fully saturated rings. The van der Waals surface area contributed by atoms with Gasteiger partial charge < -0.3 is 0 Å². The first-order chi connectivity index (χ1) is 5.58. The molecule has 2 rings (SSSR count). The highest BCUT2D eigenvalue weighted by atomic mass is 32.2. The van der Waals surface area contributed by atoms with E-state index in [1.165, 1.54) is 6.33 Å². The van der Waals surface area contributed by atoms with Crippen molar-refractivity contribution in [3.05, 3.63) is 23.3 Å². The van der Waals surface area contributed by atoms with Crippen LogP contribution < -0.4 is 0 Å². The molecule has 1 N–H and O–H groups in total. The number of nitrogens with one attached hydrogen (secondary N) is 1. The van der Waals surface area contributed by atoms with Gasteiger partial charge in [-0.2, -0.15) is 0 Å². The largest absolute Gasteiger partial charge is 0.252 e. The summed E-state index contributed by atoms with van der Waals surface area (Å²) >= 11 is 0. The van der Waals surface area contributed by atoms with Gasteiger partial charge in [0.25, 0.3) is 0 Å². The van der Waals surface area contributed by atoms with Crippen molar-refractivity contribution in [1.29, 1.82) is 4.78 Å². The molecule has 2 heterocycles. The Morgan fingerprint density at radius 2 is 2.25 bits per heavy atom. The molecule has 1 unspecified atom stereocenters. The van der Waals surface area contributed by atoms with E-state index in [4.69, 9.17) is 4.78 Å². The van der Waals surface area contributed by atoms with Crippen molar-refractivity contribution in [3.63, 3.8) is 0 Å². The molecule has 64 valence electrons. The molecule has 4 nitrogen and oxygen atoms in total. The molecule has 1 aliphatic rings. The standard InChI is InChI=1S/C7H9N3OS/c1-5-6-2-12(8,11)3-7(6)10-4-9-5/h4,8H,2-3H2,1H3. The lowest BCUT2D eigenvalue weighted by atomic mass is 10.2. The molecule has 12 heavy (non-hydrogen) atoms. The first-order valence-electron chi connectivity index (χ1n) is 3.62. The highest BCUT2D eigenvalue weighted by Crippen LogP contribution is 2.24. The lowest BCUT2D eigenvalue weighted by Crippen LogP contribution is -1.94. The number of aryl methyl sites for hydroxylation is 1. The molecule has 0 radical (unpaired) electrons. The number of fused-ring (bicyclic) bond motifs is 1. The van der Waals surface area contributed by atoms with Crippen LogP contribution in [0.15, 0.2) is 6.33 Å². The molecule has 0 saturated heterocycles. The highest BCUT2D eigenvalue weighted by Gasteiger charge is 2.24. The van der Waals surface area contributed by atoms with Gasteiger partial charge in [-0.25, -0.2) is 14.2 Å².